The van der Waals surface area contributed by atoms with Crippen LogP contribution in [0.4, 0.5) is 19.4 Å². The second kappa shape index (κ2) is 12.3. The maximum Gasteiger partial charge on any atom is 0.415 e. The molecular weight excluding hydrogens is 528 g/mol. The molecule has 2 saturated heterocycles. The van der Waals surface area contributed by atoms with Crippen molar-refractivity contribution in [3.63, 3.8) is 0 Å². The first-order valence-corrected chi connectivity index (χ1v) is 13.8. The Morgan fingerprint density at radius 3 is 2.24 bits per heavy atom. The number of aromatic nitrogens is 1. The highest BCUT2D eigenvalue weighted by Gasteiger charge is 2.43. The second-order valence-corrected chi connectivity index (χ2v) is 10.4. The Bertz CT molecular complexity index is 1400. The molecule has 2 fully saturated rings. The number of amides is 2. The van der Waals surface area contributed by atoms with Gasteiger partial charge in [0.15, 0.2) is 0 Å². The highest BCUT2D eigenvalue weighted by atomic mass is 19.1. The van der Waals surface area contributed by atoms with Crippen LogP contribution in [0.5, 0.6) is 5.75 Å². The Hall–Kier alpha value is -4.52. The standard InChI is InChI=1S/C31H31F2N5O3/c1-2-38(31(40)41-26-10-8-25(33)9-11-26)28-20-37(19-27(28)22-4-6-24(32)7-5-22)30(39)23-13-15-36(16-14-23)29-12-3-21(17-34)18-35-29/h3-12,18,23,27-28H,2,13-16,19-20H2,1H3/t27-,28+/m0/s1. The Kier molecular flexibility index (Phi) is 8.43. The number of hydrogen-bond donors (Lipinski definition) is 0. The average Bonchev–Trinajstić information content (AvgIpc) is 3.44. The van der Waals surface area contributed by atoms with Crippen LogP contribution in [0.25, 0.3) is 0 Å². The Labute approximate surface area is 237 Å². The third-order valence-electron chi connectivity index (χ3n) is 7.94. The van der Waals surface area contributed by atoms with Crippen molar-refractivity contribution in [2.24, 2.45) is 5.92 Å². The minimum Gasteiger partial charge on any atom is -0.410 e. The number of benzene rings is 2. The third-order valence-corrected chi connectivity index (χ3v) is 7.94. The molecule has 41 heavy (non-hydrogen) atoms. The van der Waals surface area contributed by atoms with Crippen LogP contribution in [0.3, 0.4) is 0 Å². The predicted octanol–water partition coefficient (Wildman–Crippen LogP) is 4.96. The van der Waals surface area contributed by atoms with Crippen molar-refractivity contribution in [2.75, 3.05) is 37.6 Å². The minimum atomic E-state index is -0.589. The van der Waals surface area contributed by atoms with E-state index in [1.807, 2.05) is 17.9 Å². The molecule has 2 atom stereocenters. The van der Waals surface area contributed by atoms with E-state index in [9.17, 15) is 18.4 Å². The van der Waals surface area contributed by atoms with Gasteiger partial charge in [0.05, 0.1) is 11.6 Å². The fraction of sp³-hybridized carbons (Fsp3) is 0.355. The summed E-state index contributed by atoms with van der Waals surface area (Å²) < 4.78 is 32.6. The van der Waals surface area contributed by atoms with Crippen molar-refractivity contribution >= 4 is 17.8 Å². The molecule has 0 N–H and O–H groups in total. The van der Waals surface area contributed by atoms with Crippen molar-refractivity contribution in [1.82, 2.24) is 14.8 Å². The molecule has 2 aromatic carbocycles. The summed E-state index contributed by atoms with van der Waals surface area (Å²) in [5, 5.41) is 9.01. The summed E-state index contributed by atoms with van der Waals surface area (Å²) in [5.74, 6) is -0.148. The van der Waals surface area contributed by atoms with E-state index in [1.165, 1.54) is 36.4 Å². The number of rotatable bonds is 6. The number of carbonyl (C=O) groups is 2. The van der Waals surface area contributed by atoms with Crippen LogP contribution in [0, 0.1) is 28.9 Å². The monoisotopic (exact) mass is 559 g/mol. The molecule has 2 amide bonds. The number of likely N-dealkylation sites (tertiary alicyclic amines) is 1. The highest BCUT2D eigenvalue weighted by molar-refractivity contribution is 5.80. The molecule has 3 heterocycles. The van der Waals surface area contributed by atoms with Crippen LogP contribution in [-0.4, -0.2) is 65.5 Å². The van der Waals surface area contributed by atoms with Crippen LogP contribution in [0.15, 0.2) is 66.9 Å². The van der Waals surface area contributed by atoms with Gasteiger partial charge < -0.3 is 19.4 Å². The molecule has 0 radical (unpaired) electrons. The lowest BCUT2D eigenvalue weighted by molar-refractivity contribution is -0.135. The van der Waals surface area contributed by atoms with E-state index >= 15 is 0 Å². The molecular formula is C31H31F2N5O3. The van der Waals surface area contributed by atoms with Gasteiger partial charge in [0.1, 0.15) is 29.3 Å². The summed E-state index contributed by atoms with van der Waals surface area (Å²) in [4.78, 5) is 36.9. The average molecular weight is 560 g/mol. The van der Waals surface area contributed by atoms with Crippen LogP contribution in [0.2, 0.25) is 0 Å². The first-order valence-electron chi connectivity index (χ1n) is 13.8. The van der Waals surface area contributed by atoms with Gasteiger partial charge in [-0.25, -0.2) is 18.6 Å². The predicted molar refractivity (Wildman–Crippen MR) is 148 cm³/mol. The number of halogens is 2. The van der Waals surface area contributed by atoms with Gasteiger partial charge in [-0.2, -0.15) is 5.26 Å². The van der Waals surface area contributed by atoms with Gasteiger partial charge in [-0.1, -0.05) is 12.1 Å². The molecule has 10 heteroatoms. The number of carbonyl (C=O) groups excluding carboxylic acids is 2. The van der Waals surface area contributed by atoms with Gasteiger partial charge in [-0.05, 0) is 73.9 Å². The molecule has 212 valence electrons. The summed E-state index contributed by atoms with van der Waals surface area (Å²) >= 11 is 0. The smallest absolute Gasteiger partial charge is 0.410 e. The number of ether oxygens (including phenoxy) is 1. The van der Waals surface area contributed by atoms with Crippen LogP contribution < -0.4 is 9.64 Å². The molecule has 5 rings (SSSR count). The van der Waals surface area contributed by atoms with E-state index in [1.54, 1.807) is 29.3 Å². The molecule has 8 nitrogen and oxygen atoms in total. The molecule has 0 aliphatic carbocycles. The molecule has 3 aromatic rings. The van der Waals surface area contributed by atoms with E-state index in [0.717, 1.165) is 11.4 Å². The summed E-state index contributed by atoms with van der Waals surface area (Å²) in [5.41, 5.74) is 1.34. The van der Waals surface area contributed by atoms with Crippen molar-refractivity contribution in [3.8, 4) is 11.8 Å². The largest absolute Gasteiger partial charge is 0.415 e. The van der Waals surface area contributed by atoms with Crippen molar-refractivity contribution in [2.45, 2.75) is 31.7 Å². The Balaban J connectivity index is 1.30. The molecule has 1 aromatic heterocycles. The van der Waals surface area contributed by atoms with E-state index in [-0.39, 0.29) is 35.4 Å². The first kappa shape index (κ1) is 28.0. The summed E-state index contributed by atoms with van der Waals surface area (Å²) in [7, 11) is 0. The molecule has 0 bridgehead atoms. The van der Waals surface area contributed by atoms with Gasteiger partial charge in [0.2, 0.25) is 5.91 Å². The van der Waals surface area contributed by atoms with E-state index in [2.05, 4.69) is 16.0 Å². The molecule has 0 spiro atoms. The molecule has 0 unspecified atom stereocenters. The number of hydrogen-bond acceptors (Lipinski definition) is 6. The number of pyridine rings is 1. The van der Waals surface area contributed by atoms with Crippen molar-refractivity contribution in [1.29, 1.82) is 5.26 Å². The lowest BCUT2D eigenvalue weighted by Crippen LogP contribution is -2.47. The number of anilines is 1. The zero-order valence-electron chi connectivity index (χ0n) is 22.7. The third kappa shape index (κ3) is 6.30. The minimum absolute atomic E-state index is 0.0370. The quantitative estimate of drug-likeness (QED) is 0.424. The van der Waals surface area contributed by atoms with Gasteiger partial charge in [0, 0.05) is 50.8 Å². The number of nitriles is 1. The zero-order valence-corrected chi connectivity index (χ0v) is 22.7. The SMILES string of the molecule is CCN(C(=O)Oc1ccc(F)cc1)[C@@H]1CN(C(=O)C2CCN(c3ccc(C#N)cn3)CC2)C[C@H]1c1ccc(F)cc1. The summed E-state index contributed by atoms with van der Waals surface area (Å²) in [6, 6.07) is 16.6. The van der Waals surface area contributed by atoms with Crippen molar-refractivity contribution < 1.29 is 23.1 Å². The zero-order chi connectivity index (χ0) is 28.9. The second-order valence-electron chi connectivity index (χ2n) is 10.4. The summed E-state index contributed by atoms with van der Waals surface area (Å²) in [6.07, 6.45) is 2.28. The Morgan fingerprint density at radius 2 is 1.66 bits per heavy atom. The molecule has 0 saturated carbocycles. The van der Waals surface area contributed by atoms with Gasteiger partial charge >= 0.3 is 6.09 Å². The normalized spacial score (nSPS) is 19.1. The number of piperidine rings is 1. The van der Waals surface area contributed by atoms with Crippen molar-refractivity contribution in [3.05, 3.63) is 89.6 Å². The first-order chi connectivity index (χ1) is 19.9. The van der Waals surface area contributed by atoms with E-state index in [4.69, 9.17) is 10.00 Å². The van der Waals surface area contributed by atoms with Crippen LogP contribution in [0.1, 0.15) is 36.8 Å². The van der Waals surface area contributed by atoms with Gasteiger partial charge in [0.25, 0.3) is 0 Å². The fourth-order valence-electron chi connectivity index (χ4n) is 5.73. The van der Waals surface area contributed by atoms with Crippen LogP contribution >= 0.6 is 0 Å². The van der Waals surface area contributed by atoms with E-state index < -0.39 is 11.9 Å². The van der Waals surface area contributed by atoms with Gasteiger partial charge in [-0.3, -0.25) is 4.79 Å². The highest BCUT2D eigenvalue weighted by Crippen LogP contribution is 2.34. The number of nitrogens with zero attached hydrogens (tertiary/aromatic N) is 5. The Morgan fingerprint density at radius 1 is 1.00 bits per heavy atom. The summed E-state index contributed by atoms with van der Waals surface area (Å²) in [6.45, 7) is 4.22. The molecule has 2 aliphatic heterocycles. The fourth-order valence-corrected chi connectivity index (χ4v) is 5.73. The van der Waals surface area contributed by atoms with E-state index in [0.29, 0.717) is 51.1 Å². The maximum absolute atomic E-state index is 13.7. The maximum atomic E-state index is 13.7. The topological polar surface area (TPSA) is 89.8 Å². The van der Waals surface area contributed by atoms with Crippen LogP contribution in [-0.2, 0) is 4.79 Å². The lowest BCUT2D eigenvalue weighted by atomic mass is 9.93. The number of likely N-dealkylation sites (N-methyl/N-ethyl adjacent to an activating group) is 1. The van der Waals surface area contributed by atoms with Gasteiger partial charge in [-0.15, -0.1) is 0 Å². The lowest BCUT2D eigenvalue weighted by Gasteiger charge is -2.34. The molecule has 2 aliphatic rings.